The molecule has 0 spiro atoms. The summed E-state index contributed by atoms with van der Waals surface area (Å²) in [4.78, 5) is 13.8. The van der Waals surface area contributed by atoms with Gasteiger partial charge in [0.15, 0.2) is 5.16 Å². The quantitative estimate of drug-likeness (QED) is 0.672. The lowest BCUT2D eigenvalue weighted by Gasteiger charge is -2.33. The highest BCUT2D eigenvalue weighted by Gasteiger charge is 2.32. The van der Waals surface area contributed by atoms with E-state index in [9.17, 15) is 10.1 Å². The molecule has 0 aliphatic heterocycles. The lowest BCUT2D eigenvalue weighted by atomic mass is 9.72. The lowest BCUT2D eigenvalue weighted by Crippen LogP contribution is -2.26. The van der Waals surface area contributed by atoms with Gasteiger partial charge in [-0.15, -0.1) is 21.5 Å². The first-order chi connectivity index (χ1) is 13.8. The monoisotopic (exact) mass is 431 g/mol. The van der Waals surface area contributed by atoms with Crippen LogP contribution in [0.25, 0.3) is 0 Å². The third-order valence-electron chi connectivity index (χ3n) is 5.61. The number of carbonyl (C=O) groups excluding carboxylic acids is 1. The van der Waals surface area contributed by atoms with E-state index in [0.29, 0.717) is 16.5 Å². The van der Waals surface area contributed by atoms with Gasteiger partial charge in [0.25, 0.3) is 0 Å². The van der Waals surface area contributed by atoms with E-state index in [1.165, 1.54) is 16.6 Å². The smallest absolute Gasteiger partial charge is 0.235 e. The largest absolute Gasteiger partial charge is 0.316 e. The van der Waals surface area contributed by atoms with Crippen molar-refractivity contribution in [2.24, 2.45) is 11.3 Å². The molecule has 2 aromatic rings. The van der Waals surface area contributed by atoms with Crippen LogP contribution in [-0.4, -0.2) is 26.4 Å². The minimum absolute atomic E-state index is 0.110. The standard InChI is InChI=1S/C21H29N5OS2/c1-6-17-24-25-20(26(17)7-2)28-12-18(27)23-19-15(11-22)14-9-8-13(21(3,4)5)10-16(14)29-19/h13H,6-10,12H2,1-5H3,(H,23,27)/t13-/m0/s1. The molecular formula is C21H29N5OS2. The summed E-state index contributed by atoms with van der Waals surface area (Å²) in [7, 11) is 0. The fourth-order valence-corrected chi connectivity index (χ4v) is 5.94. The van der Waals surface area contributed by atoms with Gasteiger partial charge in [-0.3, -0.25) is 4.79 Å². The second-order valence-electron chi connectivity index (χ2n) is 8.46. The van der Waals surface area contributed by atoms with Gasteiger partial charge in [0.1, 0.15) is 16.9 Å². The number of amides is 1. The van der Waals surface area contributed by atoms with Gasteiger partial charge < -0.3 is 9.88 Å². The van der Waals surface area contributed by atoms with Crippen LogP contribution in [0.1, 0.15) is 62.9 Å². The number of nitrogens with zero attached hydrogens (tertiary/aromatic N) is 4. The molecule has 0 fully saturated rings. The first kappa shape index (κ1) is 21.8. The van der Waals surface area contributed by atoms with Crippen LogP contribution in [0.15, 0.2) is 5.16 Å². The summed E-state index contributed by atoms with van der Waals surface area (Å²) in [6.07, 6.45) is 3.82. The van der Waals surface area contributed by atoms with Crippen molar-refractivity contribution in [2.75, 3.05) is 11.1 Å². The van der Waals surface area contributed by atoms with Gasteiger partial charge in [0, 0.05) is 17.8 Å². The van der Waals surface area contributed by atoms with Crippen molar-refractivity contribution in [1.82, 2.24) is 14.8 Å². The molecule has 0 bridgehead atoms. The van der Waals surface area contributed by atoms with Gasteiger partial charge in [-0.1, -0.05) is 39.5 Å². The number of nitrogens with one attached hydrogen (secondary N) is 1. The van der Waals surface area contributed by atoms with E-state index in [0.717, 1.165) is 48.8 Å². The maximum Gasteiger partial charge on any atom is 0.235 e. The summed E-state index contributed by atoms with van der Waals surface area (Å²) >= 11 is 2.96. The zero-order chi connectivity index (χ0) is 21.2. The van der Waals surface area contributed by atoms with Gasteiger partial charge in [-0.2, -0.15) is 5.26 Å². The predicted octanol–water partition coefficient (Wildman–Crippen LogP) is 4.68. The average molecular weight is 432 g/mol. The van der Waals surface area contributed by atoms with E-state index in [-0.39, 0.29) is 17.1 Å². The number of aryl methyl sites for hydroxylation is 1. The summed E-state index contributed by atoms with van der Waals surface area (Å²) in [6, 6.07) is 2.33. The summed E-state index contributed by atoms with van der Waals surface area (Å²) < 4.78 is 2.04. The highest BCUT2D eigenvalue weighted by atomic mass is 32.2. The van der Waals surface area contributed by atoms with Crippen LogP contribution in [0.3, 0.4) is 0 Å². The molecule has 1 aliphatic carbocycles. The first-order valence-corrected chi connectivity index (χ1v) is 12.0. The lowest BCUT2D eigenvalue weighted by molar-refractivity contribution is -0.113. The summed E-state index contributed by atoms with van der Waals surface area (Å²) in [5.74, 6) is 1.68. The van der Waals surface area contributed by atoms with Crippen LogP contribution in [0.2, 0.25) is 0 Å². The SMILES string of the molecule is CCc1nnc(SCC(=O)Nc2sc3c(c2C#N)CC[C@H](C(C)(C)C)C3)n1CC. The number of nitriles is 1. The molecule has 0 radical (unpaired) electrons. The minimum Gasteiger partial charge on any atom is -0.316 e. The normalized spacial score (nSPS) is 16.3. The predicted molar refractivity (Wildman–Crippen MR) is 118 cm³/mol. The molecule has 1 atom stereocenters. The topological polar surface area (TPSA) is 83.6 Å². The molecule has 0 aromatic carbocycles. The number of carbonyl (C=O) groups is 1. The maximum atomic E-state index is 12.6. The van der Waals surface area contributed by atoms with Gasteiger partial charge in [0.05, 0.1) is 11.3 Å². The van der Waals surface area contributed by atoms with Crippen LogP contribution in [0.4, 0.5) is 5.00 Å². The Balaban J connectivity index is 1.69. The number of rotatable bonds is 6. The van der Waals surface area contributed by atoms with Crippen molar-refractivity contribution in [2.45, 2.75) is 72.0 Å². The van der Waals surface area contributed by atoms with E-state index in [2.05, 4.69) is 42.4 Å². The Morgan fingerprint density at radius 1 is 1.38 bits per heavy atom. The minimum atomic E-state index is -0.110. The molecule has 0 unspecified atom stereocenters. The summed E-state index contributed by atoms with van der Waals surface area (Å²) in [5.41, 5.74) is 2.04. The Hall–Kier alpha value is -1.85. The Bertz CT molecular complexity index is 932. The van der Waals surface area contributed by atoms with Crippen molar-refractivity contribution >= 4 is 34.0 Å². The van der Waals surface area contributed by atoms with E-state index in [1.54, 1.807) is 11.3 Å². The van der Waals surface area contributed by atoms with Crippen LogP contribution in [0, 0.1) is 22.7 Å². The number of hydrogen-bond acceptors (Lipinski definition) is 6. The molecule has 2 aromatic heterocycles. The number of thioether (sulfide) groups is 1. The van der Waals surface area contributed by atoms with E-state index in [4.69, 9.17) is 0 Å². The summed E-state index contributed by atoms with van der Waals surface area (Å²) in [6.45, 7) is 11.7. The summed E-state index contributed by atoms with van der Waals surface area (Å²) in [5, 5.41) is 22.5. The van der Waals surface area contributed by atoms with Crippen LogP contribution in [-0.2, 0) is 30.6 Å². The Morgan fingerprint density at radius 2 is 2.14 bits per heavy atom. The Morgan fingerprint density at radius 3 is 2.76 bits per heavy atom. The zero-order valence-corrected chi connectivity index (χ0v) is 19.5. The molecule has 1 N–H and O–H groups in total. The molecule has 0 saturated heterocycles. The van der Waals surface area contributed by atoms with Crippen LogP contribution in [0.5, 0.6) is 0 Å². The highest BCUT2D eigenvalue weighted by molar-refractivity contribution is 7.99. The van der Waals surface area contributed by atoms with Crippen molar-refractivity contribution < 1.29 is 4.79 Å². The first-order valence-electron chi connectivity index (χ1n) is 10.2. The van der Waals surface area contributed by atoms with Gasteiger partial charge >= 0.3 is 0 Å². The third kappa shape index (κ3) is 4.67. The van der Waals surface area contributed by atoms with Crippen molar-refractivity contribution in [3.8, 4) is 6.07 Å². The number of anilines is 1. The third-order valence-corrected chi connectivity index (χ3v) is 7.75. The number of hydrogen-bond donors (Lipinski definition) is 1. The van der Waals surface area contributed by atoms with Gasteiger partial charge in [0.2, 0.25) is 5.91 Å². The van der Waals surface area contributed by atoms with E-state index in [1.807, 2.05) is 18.4 Å². The Kier molecular flexibility index (Phi) is 6.69. The maximum absolute atomic E-state index is 12.6. The molecule has 6 nitrogen and oxygen atoms in total. The van der Waals surface area contributed by atoms with Crippen molar-refractivity contribution in [3.63, 3.8) is 0 Å². The van der Waals surface area contributed by atoms with Gasteiger partial charge in [-0.25, -0.2) is 0 Å². The number of fused-ring (bicyclic) bond motifs is 1. The van der Waals surface area contributed by atoms with Crippen LogP contribution < -0.4 is 5.32 Å². The molecule has 2 heterocycles. The Labute approximate surface area is 181 Å². The second-order valence-corrected chi connectivity index (χ2v) is 10.5. The van der Waals surface area contributed by atoms with Crippen molar-refractivity contribution in [3.05, 3.63) is 21.8 Å². The zero-order valence-electron chi connectivity index (χ0n) is 17.8. The number of aromatic nitrogens is 3. The molecule has 156 valence electrons. The highest BCUT2D eigenvalue weighted by Crippen LogP contribution is 2.44. The molecular weight excluding hydrogens is 402 g/mol. The molecule has 0 saturated carbocycles. The van der Waals surface area contributed by atoms with E-state index >= 15 is 0 Å². The molecule has 8 heteroatoms. The van der Waals surface area contributed by atoms with Crippen molar-refractivity contribution in [1.29, 1.82) is 5.26 Å². The van der Waals surface area contributed by atoms with Crippen LogP contribution >= 0.6 is 23.1 Å². The number of thiophene rings is 1. The van der Waals surface area contributed by atoms with E-state index < -0.39 is 0 Å². The molecule has 1 amide bonds. The average Bonchev–Trinajstić information content (AvgIpc) is 3.24. The fourth-order valence-electron chi connectivity index (χ4n) is 3.83. The van der Waals surface area contributed by atoms with Gasteiger partial charge in [-0.05, 0) is 43.1 Å². The second kappa shape index (κ2) is 8.88. The molecule has 3 rings (SSSR count). The fraction of sp³-hybridized carbons (Fsp3) is 0.619. The molecule has 29 heavy (non-hydrogen) atoms. The molecule has 1 aliphatic rings.